The minimum absolute atomic E-state index is 0. The molecule has 102 valence electrons. The lowest BCUT2D eigenvalue weighted by atomic mass is 10.5. The Labute approximate surface area is 122 Å². The van der Waals surface area contributed by atoms with E-state index in [2.05, 4.69) is 4.99 Å². The van der Waals surface area contributed by atoms with E-state index in [0.717, 1.165) is 10.8 Å². The van der Waals surface area contributed by atoms with Gasteiger partial charge in [0.25, 0.3) is 0 Å². The average molecular weight is 336 g/mol. The van der Waals surface area contributed by atoms with E-state index in [1.807, 2.05) is 35.9 Å². The topological polar surface area (TPSA) is 45.8 Å². The number of halogens is 1. The summed E-state index contributed by atoms with van der Waals surface area (Å²) in [6.07, 6.45) is 1.72. The molecule has 0 unspecified atom stereocenters. The predicted octanol–water partition coefficient (Wildman–Crippen LogP) is -1.87. The molecule has 0 aliphatic rings. The molecule has 0 bridgehead atoms. The Morgan fingerprint density at radius 2 is 2.28 bits per heavy atom. The van der Waals surface area contributed by atoms with Crippen LogP contribution in [0.2, 0.25) is 0 Å². The van der Waals surface area contributed by atoms with Crippen molar-refractivity contribution in [2.24, 2.45) is 4.99 Å². The van der Waals surface area contributed by atoms with Crippen molar-refractivity contribution in [1.82, 2.24) is 4.90 Å². The largest absolute Gasteiger partial charge is 1.00 e. The molecule has 1 rings (SSSR count). The average Bonchev–Trinajstić information content (AvgIpc) is 2.58. The molecule has 0 aliphatic carbocycles. The maximum atomic E-state index is 11.5. The zero-order chi connectivity index (χ0) is 12.8. The van der Waals surface area contributed by atoms with Crippen LogP contribution < -0.4 is 21.5 Å². The number of carbonyl (C=O) groups is 1. The highest BCUT2D eigenvalue weighted by Crippen LogP contribution is 2.15. The third kappa shape index (κ3) is 5.14. The predicted molar refractivity (Wildman–Crippen MR) is 67.7 cm³/mol. The molecule has 0 spiro atoms. The first-order valence-corrected chi connectivity index (χ1v) is 6.26. The summed E-state index contributed by atoms with van der Waals surface area (Å²) in [5.74, 6) is -0.236. The Morgan fingerprint density at radius 3 is 2.83 bits per heavy atom. The molecule has 5 nitrogen and oxygen atoms in total. The first-order valence-electron chi connectivity index (χ1n) is 5.38. The van der Waals surface area contributed by atoms with Crippen LogP contribution in [0.5, 0.6) is 0 Å². The van der Waals surface area contributed by atoms with Gasteiger partial charge in [-0.3, -0.25) is 0 Å². The van der Waals surface area contributed by atoms with Crippen molar-refractivity contribution in [2.45, 2.75) is 20.4 Å². The van der Waals surface area contributed by atoms with Crippen molar-refractivity contribution < 1.29 is 31.1 Å². The number of esters is 1. The fraction of sp³-hybridized carbons (Fsp3) is 0.545. The molecule has 18 heavy (non-hydrogen) atoms. The van der Waals surface area contributed by atoms with Gasteiger partial charge in [0.15, 0.2) is 6.54 Å². The van der Waals surface area contributed by atoms with Crippen LogP contribution in [0.1, 0.15) is 12.6 Å². The lowest BCUT2D eigenvalue weighted by molar-refractivity contribution is -0.674. The number of hydrogen-bond donors (Lipinski definition) is 0. The summed E-state index contributed by atoms with van der Waals surface area (Å²) >= 11 is 1.51. The molecule has 0 atom stereocenters. The number of aromatic nitrogens is 1. The van der Waals surface area contributed by atoms with E-state index in [1.54, 1.807) is 13.3 Å². The molecule has 0 saturated carbocycles. The molecule has 1 aromatic heterocycles. The molecule has 0 amide bonds. The first kappa shape index (κ1) is 17.1. The highest BCUT2D eigenvalue weighted by Gasteiger charge is 2.18. The Balaban J connectivity index is 0.00000289. The summed E-state index contributed by atoms with van der Waals surface area (Å²) in [4.78, 5) is 17.6. The molecule has 7 heteroatoms. The lowest BCUT2D eigenvalue weighted by Crippen LogP contribution is -3.00. The quantitative estimate of drug-likeness (QED) is 0.274. The van der Waals surface area contributed by atoms with E-state index in [1.165, 1.54) is 11.3 Å². The third-order valence-corrected chi connectivity index (χ3v) is 2.98. The van der Waals surface area contributed by atoms with Crippen LogP contribution in [0.3, 0.4) is 0 Å². The van der Waals surface area contributed by atoms with E-state index < -0.39 is 0 Å². The molecular weight excluding hydrogens is 318 g/mol. The second-order valence-electron chi connectivity index (χ2n) is 3.76. The van der Waals surface area contributed by atoms with Gasteiger partial charge in [0.05, 0.1) is 6.61 Å². The number of ether oxygens (including phenoxy) is 1. The highest BCUT2D eigenvalue weighted by atomic mass is 79.9. The van der Waals surface area contributed by atoms with E-state index in [9.17, 15) is 4.79 Å². The van der Waals surface area contributed by atoms with Gasteiger partial charge in [-0.25, -0.2) is 9.36 Å². The van der Waals surface area contributed by atoms with E-state index in [-0.39, 0.29) is 29.5 Å². The normalized spacial score (nSPS) is 10.2. The molecule has 0 fully saturated rings. The molecule has 1 aromatic rings. The summed E-state index contributed by atoms with van der Waals surface area (Å²) < 4.78 is 6.78. The Bertz CT molecular complexity index is 418. The molecular formula is C11H18BrN3O2S. The van der Waals surface area contributed by atoms with Crippen LogP contribution in [-0.4, -0.2) is 37.9 Å². The number of carbonyl (C=O) groups excluding carboxylic acids is 1. The lowest BCUT2D eigenvalue weighted by Gasteiger charge is -2.01. The maximum absolute atomic E-state index is 11.5. The van der Waals surface area contributed by atoms with Crippen molar-refractivity contribution in [3.8, 4) is 0 Å². The molecule has 0 aromatic carbocycles. The number of thiazole rings is 1. The van der Waals surface area contributed by atoms with Crippen molar-refractivity contribution in [1.29, 1.82) is 0 Å². The number of hydrogen-bond acceptors (Lipinski definition) is 4. The number of rotatable bonds is 5. The summed E-state index contributed by atoms with van der Waals surface area (Å²) in [6, 6.07) is 0. The minimum Gasteiger partial charge on any atom is -1.00 e. The smallest absolute Gasteiger partial charge is 0.384 e. The van der Waals surface area contributed by atoms with Gasteiger partial charge in [0, 0.05) is 19.5 Å². The summed E-state index contributed by atoms with van der Waals surface area (Å²) in [5.41, 5.74) is 1.01. The van der Waals surface area contributed by atoms with Crippen molar-refractivity contribution in [3.05, 3.63) is 11.1 Å². The van der Waals surface area contributed by atoms with Gasteiger partial charge in [0.2, 0.25) is 6.34 Å². The van der Waals surface area contributed by atoms with Crippen LogP contribution >= 0.6 is 11.3 Å². The molecule has 1 heterocycles. The maximum Gasteiger partial charge on any atom is 0.384 e. The van der Waals surface area contributed by atoms with Gasteiger partial charge in [-0.15, -0.1) is 0 Å². The van der Waals surface area contributed by atoms with Crippen molar-refractivity contribution in [3.63, 3.8) is 0 Å². The molecule has 0 N–H and O–H groups in total. The van der Waals surface area contributed by atoms with Crippen LogP contribution in [0.4, 0.5) is 5.13 Å². The number of aliphatic imine (C=N–C) groups is 1. The zero-order valence-corrected chi connectivity index (χ0v) is 13.4. The molecule has 0 aliphatic heterocycles. The third-order valence-electron chi connectivity index (χ3n) is 1.98. The second kappa shape index (κ2) is 8.20. The van der Waals surface area contributed by atoms with Gasteiger partial charge >= 0.3 is 11.1 Å². The van der Waals surface area contributed by atoms with Crippen LogP contribution in [0.15, 0.2) is 10.4 Å². The highest BCUT2D eigenvalue weighted by molar-refractivity contribution is 7.13. The van der Waals surface area contributed by atoms with Crippen molar-refractivity contribution >= 4 is 28.8 Å². The summed E-state index contributed by atoms with van der Waals surface area (Å²) in [5, 5.41) is 2.77. The molecule has 0 radical (unpaired) electrons. The summed E-state index contributed by atoms with van der Waals surface area (Å²) in [6.45, 7) is 4.36. The van der Waals surface area contributed by atoms with Crippen molar-refractivity contribution in [2.75, 3.05) is 20.7 Å². The van der Waals surface area contributed by atoms with Gasteiger partial charge in [-0.05, 0) is 18.8 Å². The van der Waals surface area contributed by atoms with E-state index in [4.69, 9.17) is 4.74 Å². The van der Waals surface area contributed by atoms with E-state index in [0.29, 0.717) is 6.61 Å². The summed E-state index contributed by atoms with van der Waals surface area (Å²) in [7, 11) is 3.80. The first-order chi connectivity index (χ1) is 8.04. The monoisotopic (exact) mass is 335 g/mol. The van der Waals surface area contributed by atoms with Gasteiger partial charge in [-0.2, -0.15) is 0 Å². The number of nitrogens with zero attached hydrogens (tertiary/aromatic N) is 3. The fourth-order valence-electron chi connectivity index (χ4n) is 1.21. The minimum atomic E-state index is -0.236. The van der Waals surface area contributed by atoms with Gasteiger partial charge in [-0.1, -0.05) is 11.3 Å². The fourth-order valence-corrected chi connectivity index (χ4v) is 2.06. The second-order valence-corrected chi connectivity index (χ2v) is 4.60. The number of aryl methyl sites for hydroxylation is 1. The van der Waals surface area contributed by atoms with E-state index >= 15 is 0 Å². The van der Waals surface area contributed by atoms with Crippen LogP contribution in [0.25, 0.3) is 0 Å². The Kier molecular flexibility index (Phi) is 7.77. The SMILES string of the molecule is CCOC(=O)C[n+]1c(C)csc1N=CN(C)C.[Br-]. The van der Waals surface area contributed by atoms with Crippen LogP contribution in [-0.2, 0) is 16.1 Å². The van der Waals surface area contributed by atoms with Gasteiger partial charge < -0.3 is 26.6 Å². The standard InChI is InChI=1S/C11H18N3O2S.BrH/c1-5-16-10(15)6-14-9(2)7-17-11(14)12-8-13(3)4;/h7-8H,5-6H2,1-4H3;1H/q+1;/p-1. The Hall–Kier alpha value is -0.950. The zero-order valence-electron chi connectivity index (χ0n) is 11.0. The molecule has 0 saturated heterocycles. The van der Waals surface area contributed by atoms with Crippen LogP contribution in [0, 0.1) is 6.92 Å². The van der Waals surface area contributed by atoms with Gasteiger partial charge in [0.1, 0.15) is 5.69 Å². The Morgan fingerprint density at radius 1 is 1.61 bits per heavy atom.